The molecule has 0 aliphatic carbocycles. The van der Waals surface area contributed by atoms with E-state index < -0.39 is 0 Å². The second-order valence-electron chi connectivity index (χ2n) is 13.8. The third kappa shape index (κ3) is 9.49. The molecule has 266 valence electrons. The molecular weight excluding hydrogens is 689 g/mol. The number of hydrogen-bond acceptors (Lipinski definition) is 5. The molecule has 0 aliphatic rings. The first-order chi connectivity index (χ1) is 24.1. The lowest BCUT2D eigenvalue weighted by Gasteiger charge is -2.08. The number of unbranched alkanes of at least 4 members (excludes halogenated alkanes) is 6. The van der Waals surface area contributed by atoms with Crippen molar-refractivity contribution in [3.8, 4) is 39.0 Å². The van der Waals surface area contributed by atoms with Crippen molar-refractivity contribution < 1.29 is 0 Å². The summed E-state index contributed by atoms with van der Waals surface area (Å²) in [6, 6.07) is 9.83. The minimum Gasteiger partial charge on any atom is -0.142 e. The maximum atomic E-state index is 2.48. The fourth-order valence-corrected chi connectivity index (χ4v) is 13.3. The molecule has 5 aromatic rings. The van der Waals surface area contributed by atoms with Gasteiger partial charge in [-0.1, -0.05) is 80.1 Å². The molecule has 0 atom stereocenters. The second kappa shape index (κ2) is 19.9. The fraction of sp³-hybridized carbons (Fsp3) is 0.545. The lowest BCUT2D eigenvalue weighted by Crippen LogP contribution is -1.94. The largest absolute Gasteiger partial charge is 0.142 e. The Bertz CT molecular complexity index is 1580. The van der Waals surface area contributed by atoms with E-state index in [0.717, 1.165) is 0 Å². The van der Waals surface area contributed by atoms with E-state index in [0.29, 0.717) is 0 Å². The summed E-state index contributed by atoms with van der Waals surface area (Å²) in [6.45, 7) is 14.0. The van der Waals surface area contributed by atoms with Gasteiger partial charge in [0, 0.05) is 39.0 Å². The Morgan fingerprint density at radius 1 is 0.347 bits per heavy atom. The first kappa shape index (κ1) is 38.7. The van der Waals surface area contributed by atoms with Gasteiger partial charge in [-0.25, -0.2) is 0 Å². The van der Waals surface area contributed by atoms with Gasteiger partial charge in [-0.05, 0) is 145 Å². The third-order valence-electron chi connectivity index (χ3n) is 9.91. The van der Waals surface area contributed by atoms with Crippen LogP contribution in [-0.4, -0.2) is 0 Å². The summed E-state index contributed by atoms with van der Waals surface area (Å²) in [5, 5.41) is 4.97. The average Bonchev–Trinajstić information content (AvgIpc) is 3.95. The van der Waals surface area contributed by atoms with Gasteiger partial charge in [-0.3, -0.25) is 0 Å². The smallest absolute Gasteiger partial charge is 0.0484 e. The molecule has 0 aliphatic heterocycles. The van der Waals surface area contributed by atoms with Gasteiger partial charge >= 0.3 is 0 Å². The van der Waals surface area contributed by atoms with Gasteiger partial charge in [0.15, 0.2) is 0 Å². The first-order valence-electron chi connectivity index (χ1n) is 19.6. The summed E-state index contributed by atoms with van der Waals surface area (Å²) in [5.74, 6) is 0. The van der Waals surface area contributed by atoms with Crippen molar-refractivity contribution in [2.24, 2.45) is 0 Å². The van der Waals surface area contributed by atoms with Crippen molar-refractivity contribution in [2.75, 3.05) is 0 Å². The van der Waals surface area contributed by atoms with Gasteiger partial charge in [-0.2, -0.15) is 0 Å². The van der Waals surface area contributed by atoms with Gasteiger partial charge < -0.3 is 0 Å². The molecule has 0 radical (unpaired) electrons. The molecule has 0 unspecified atom stereocenters. The zero-order valence-corrected chi connectivity index (χ0v) is 35.3. The topological polar surface area (TPSA) is 0 Å². The van der Waals surface area contributed by atoms with Crippen LogP contribution in [0.5, 0.6) is 0 Å². The molecule has 0 fully saturated rings. The molecule has 0 aromatic carbocycles. The van der Waals surface area contributed by atoms with Crippen LogP contribution in [0.15, 0.2) is 35.0 Å². The normalized spacial score (nSPS) is 11.7. The molecule has 0 nitrogen and oxygen atoms in total. The standard InChI is InChI=1S/C44H60S5/c1-7-13-19-31-29-45-41(33(31)21-15-9-3)37-25-27-39(47-37)43-35(23-17-11-5)36(24-18-12-6)44(49-43)40-28-26-38(48-40)42-34(22-16-10-4)32(30-46-42)20-14-8-2/h25-30H,7-24H2,1-6H3. The highest BCUT2D eigenvalue weighted by atomic mass is 32.1. The third-order valence-corrected chi connectivity index (χ3v) is 16.2. The van der Waals surface area contributed by atoms with Crippen LogP contribution < -0.4 is 0 Å². The van der Waals surface area contributed by atoms with Gasteiger partial charge in [0.2, 0.25) is 0 Å². The van der Waals surface area contributed by atoms with Crippen molar-refractivity contribution in [3.63, 3.8) is 0 Å². The molecule has 5 aromatic heterocycles. The minimum absolute atomic E-state index is 1.20. The number of thiophene rings is 5. The molecule has 0 spiro atoms. The van der Waals surface area contributed by atoms with Gasteiger partial charge in [0.05, 0.1) is 0 Å². The quantitative estimate of drug-likeness (QED) is 0.0661. The van der Waals surface area contributed by atoms with Crippen molar-refractivity contribution in [1.29, 1.82) is 0 Å². The summed E-state index contributed by atoms with van der Waals surface area (Å²) >= 11 is 10.2. The Balaban J connectivity index is 1.55. The molecule has 49 heavy (non-hydrogen) atoms. The van der Waals surface area contributed by atoms with Gasteiger partial charge in [-0.15, -0.1) is 56.7 Å². The van der Waals surface area contributed by atoms with Crippen LogP contribution in [0.3, 0.4) is 0 Å². The zero-order chi connectivity index (χ0) is 34.6. The summed E-state index contributed by atoms with van der Waals surface area (Å²) in [6.07, 6.45) is 22.5. The van der Waals surface area contributed by atoms with Crippen LogP contribution in [0, 0.1) is 0 Å². The maximum absolute atomic E-state index is 2.48. The molecular formula is C44H60S5. The number of aryl methyl sites for hydroxylation is 2. The van der Waals surface area contributed by atoms with E-state index in [4.69, 9.17) is 0 Å². The Kier molecular flexibility index (Phi) is 15.8. The Morgan fingerprint density at radius 2 is 0.653 bits per heavy atom. The number of rotatable bonds is 22. The van der Waals surface area contributed by atoms with E-state index in [1.54, 1.807) is 52.9 Å². The molecule has 5 rings (SSSR count). The van der Waals surface area contributed by atoms with Crippen molar-refractivity contribution >= 4 is 56.7 Å². The predicted octanol–water partition coefficient (Wildman–Crippen LogP) is 16.7. The molecule has 0 amide bonds. The number of hydrogen-bond donors (Lipinski definition) is 0. The van der Waals surface area contributed by atoms with E-state index in [-0.39, 0.29) is 0 Å². The fourth-order valence-electron chi connectivity index (χ4n) is 6.96. The van der Waals surface area contributed by atoms with Crippen molar-refractivity contribution in [2.45, 2.75) is 157 Å². The first-order valence-corrected chi connectivity index (χ1v) is 23.8. The Labute approximate surface area is 319 Å². The minimum atomic E-state index is 1.20. The highest BCUT2D eigenvalue weighted by molar-refractivity contribution is 7.29. The van der Waals surface area contributed by atoms with Crippen LogP contribution in [0.1, 0.15) is 152 Å². The van der Waals surface area contributed by atoms with Crippen LogP contribution in [-0.2, 0) is 38.5 Å². The summed E-state index contributed by atoms with van der Waals surface area (Å²) in [7, 11) is 0. The van der Waals surface area contributed by atoms with Crippen LogP contribution in [0.4, 0.5) is 0 Å². The summed E-state index contributed by atoms with van der Waals surface area (Å²) < 4.78 is 0. The summed E-state index contributed by atoms with van der Waals surface area (Å²) in [4.78, 5) is 12.1. The monoisotopic (exact) mass is 748 g/mol. The average molecular weight is 749 g/mol. The predicted molar refractivity (Wildman–Crippen MR) is 229 cm³/mol. The van der Waals surface area contributed by atoms with E-state index in [1.165, 1.54) is 135 Å². The zero-order valence-electron chi connectivity index (χ0n) is 31.2. The highest BCUT2D eigenvalue weighted by Gasteiger charge is 2.24. The van der Waals surface area contributed by atoms with Crippen LogP contribution in [0.25, 0.3) is 39.0 Å². The highest BCUT2D eigenvalue weighted by Crippen LogP contribution is 2.51. The van der Waals surface area contributed by atoms with Gasteiger partial charge in [0.25, 0.3) is 0 Å². The molecule has 0 N–H and O–H groups in total. The molecule has 0 saturated heterocycles. The Morgan fingerprint density at radius 3 is 1.00 bits per heavy atom. The lowest BCUT2D eigenvalue weighted by molar-refractivity contribution is 0.763. The summed E-state index contributed by atoms with van der Waals surface area (Å²) in [5.41, 5.74) is 9.83. The Hall–Kier alpha value is -1.50. The van der Waals surface area contributed by atoms with E-state index in [2.05, 4.69) is 111 Å². The SMILES string of the molecule is CCCCc1csc(-c2ccc(-c3sc(-c4ccc(-c5scc(CCCC)c5CCCC)s4)c(CCCC)c3CCCC)s2)c1CCCC. The van der Waals surface area contributed by atoms with E-state index in [1.807, 2.05) is 22.7 Å². The molecule has 0 bridgehead atoms. The molecule has 5 heteroatoms. The maximum Gasteiger partial charge on any atom is 0.0484 e. The lowest BCUT2D eigenvalue weighted by atomic mass is 9.97. The van der Waals surface area contributed by atoms with Gasteiger partial charge in [0.1, 0.15) is 0 Å². The van der Waals surface area contributed by atoms with Crippen molar-refractivity contribution in [3.05, 3.63) is 68.4 Å². The van der Waals surface area contributed by atoms with E-state index >= 15 is 0 Å². The van der Waals surface area contributed by atoms with Crippen molar-refractivity contribution in [1.82, 2.24) is 0 Å². The van der Waals surface area contributed by atoms with E-state index in [9.17, 15) is 0 Å². The molecule has 5 heterocycles. The molecule has 0 saturated carbocycles. The van der Waals surface area contributed by atoms with Crippen LogP contribution in [0.2, 0.25) is 0 Å². The van der Waals surface area contributed by atoms with Crippen LogP contribution >= 0.6 is 56.7 Å². The second-order valence-corrected chi connectivity index (χ2v) is 18.8.